The van der Waals surface area contributed by atoms with E-state index in [-0.39, 0.29) is 6.42 Å². The highest BCUT2D eigenvalue weighted by molar-refractivity contribution is 5.67. The number of hydrogen-bond donors (Lipinski definition) is 1. The fraction of sp³-hybridized carbons (Fsp3) is 0.588. The van der Waals surface area contributed by atoms with Gasteiger partial charge in [0.05, 0.1) is 13.0 Å². The summed E-state index contributed by atoms with van der Waals surface area (Å²) < 4.78 is 5.71. The molecule has 0 aliphatic carbocycles. The second-order valence-electron chi connectivity index (χ2n) is 5.13. The van der Waals surface area contributed by atoms with Crippen LogP contribution in [0.5, 0.6) is 5.75 Å². The number of rotatable bonds is 11. The molecule has 0 saturated heterocycles. The Balaban J connectivity index is 2.42. The smallest absolute Gasteiger partial charge is 0.305 e. The first-order valence-corrected chi connectivity index (χ1v) is 7.87. The third-order valence-electron chi connectivity index (χ3n) is 3.45. The van der Waals surface area contributed by atoms with Crippen LogP contribution in [0, 0.1) is 0 Å². The van der Waals surface area contributed by atoms with Gasteiger partial charge in [0.15, 0.2) is 0 Å². The molecule has 1 aromatic carbocycles. The standard InChI is InChI=1S/C17H27NO3/c1-3-5-6-7-14-21-16-10-8-15(9-11-16)18(4-2)13-12-17(19)20/h8-11H,3-7,12-14H2,1-2H3,(H,19,20). The van der Waals surface area contributed by atoms with Crippen molar-refractivity contribution in [2.45, 2.75) is 46.0 Å². The largest absolute Gasteiger partial charge is 0.494 e. The van der Waals surface area contributed by atoms with Crippen LogP contribution < -0.4 is 9.64 Å². The maximum atomic E-state index is 10.7. The first-order valence-electron chi connectivity index (χ1n) is 7.87. The lowest BCUT2D eigenvalue weighted by atomic mass is 10.2. The third kappa shape index (κ3) is 7.02. The second-order valence-corrected chi connectivity index (χ2v) is 5.13. The normalized spacial score (nSPS) is 10.4. The van der Waals surface area contributed by atoms with Crippen LogP contribution in [0.25, 0.3) is 0 Å². The van der Waals surface area contributed by atoms with E-state index in [1.54, 1.807) is 0 Å². The number of hydrogen-bond acceptors (Lipinski definition) is 3. The van der Waals surface area contributed by atoms with Gasteiger partial charge in [0.1, 0.15) is 5.75 Å². The lowest BCUT2D eigenvalue weighted by molar-refractivity contribution is -0.136. The Bertz CT molecular complexity index is 403. The molecule has 0 bridgehead atoms. The van der Waals surface area contributed by atoms with Gasteiger partial charge in [-0.25, -0.2) is 0 Å². The minimum atomic E-state index is -0.763. The molecule has 0 aromatic heterocycles. The number of anilines is 1. The highest BCUT2D eigenvalue weighted by Crippen LogP contribution is 2.20. The van der Waals surface area contributed by atoms with E-state index in [0.29, 0.717) is 6.54 Å². The number of benzene rings is 1. The monoisotopic (exact) mass is 293 g/mol. The molecule has 0 spiro atoms. The van der Waals surface area contributed by atoms with Gasteiger partial charge in [0.25, 0.3) is 0 Å². The van der Waals surface area contributed by atoms with Crippen molar-refractivity contribution in [2.75, 3.05) is 24.6 Å². The Morgan fingerprint density at radius 3 is 2.43 bits per heavy atom. The quantitative estimate of drug-likeness (QED) is 0.628. The van der Waals surface area contributed by atoms with Gasteiger partial charge in [-0.3, -0.25) is 4.79 Å². The van der Waals surface area contributed by atoms with E-state index < -0.39 is 5.97 Å². The molecule has 118 valence electrons. The van der Waals surface area contributed by atoms with Gasteiger partial charge in [-0.05, 0) is 37.6 Å². The van der Waals surface area contributed by atoms with E-state index in [9.17, 15) is 4.79 Å². The number of carboxylic acid groups (broad SMARTS) is 1. The molecule has 4 nitrogen and oxygen atoms in total. The summed E-state index contributed by atoms with van der Waals surface area (Å²) >= 11 is 0. The van der Waals surface area contributed by atoms with Crippen LogP contribution >= 0.6 is 0 Å². The summed E-state index contributed by atoms with van der Waals surface area (Å²) in [6.45, 7) is 6.31. The molecular weight excluding hydrogens is 266 g/mol. The summed E-state index contributed by atoms with van der Waals surface area (Å²) in [5.74, 6) is 0.116. The zero-order valence-corrected chi connectivity index (χ0v) is 13.2. The molecule has 0 heterocycles. The van der Waals surface area contributed by atoms with Crippen LogP contribution in [0.15, 0.2) is 24.3 Å². The van der Waals surface area contributed by atoms with Crippen LogP contribution in [0.4, 0.5) is 5.69 Å². The maximum Gasteiger partial charge on any atom is 0.305 e. The molecule has 0 aliphatic rings. The van der Waals surface area contributed by atoms with Crippen LogP contribution in [0.1, 0.15) is 46.0 Å². The predicted molar refractivity (Wildman–Crippen MR) is 86.2 cm³/mol. The van der Waals surface area contributed by atoms with Crippen molar-refractivity contribution in [3.63, 3.8) is 0 Å². The Morgan fingerprint density at radius 2 is 1.86 bits per heavy atom. The number of ether oxygens (including phenoxy) is 1. The van der Waals surface area contributed by atoms with Crippen molar-refractivity contribution in [3.8, 4) is 5.75 Å². The summed E-state index contributed by atoms with van der Waals surface area (Å²) in [7, 11) is 0. The van der Waals surface area contributed by atoms with Crippen molar-refractivity contribution >= 4 is 11.7 Å². The third-order valence-corrected chi connectivity index (χ3v) is 3.45. The lowest BCUT2D eigenvalue weighted by Gasteiger charge is -2.22. The SMILES string of the molecule is CCCCCCOc1ccc(N(CC)CCC(=O)O)cc1. The van der Waals surface area contributed by atoms with E-state index >= 15 is 0 Å². The average molecular weight is 293 g/mol. The molecule has 0 atom stereocenters. The Labute approximate surface area is 127 Å². The van der Waals surface area contributed by atoms with Gasteiger partial charge < -0.3 is 14.7 Å². The van der Waals surface area contributed by atoms with Crippen LogP contribution in [0.3, 0.4) is 0 Å². The summed E-state index contributed by atoms with van der Waals surface area (Å²) in [6.07, 6.45) is 4.96. The summed E-state index contributed by atoms with van der Waals surface area (Å²) in [5.41, 5.74) is 1.04. The lowest BCUT2D eigenvalue weighted by Crippen LogP contribution is -2.25. The van der Waals surface area contributed by atoms with Crippen molar-refractivity contribution < 1.29 is 14.6 Å². The van der Waals surface area contributed by atoms with E-state index in [0.717, 1.165) is 31.0 Å². The predicted octanol–water partition coefficient (Wildman–Crippen LogP) is 3.95. The van der Waals surface area contributed by atoms with E-state index in [1.165, 1.54) is 19.3 Å². The Hall–Kier alpha value is -1.71. The number of carboxylic acids is 1. The molecule has 0 amide bonds. The summed E-state index contributed by atoms with van der Waals surface area (Å²) in [5, 5.41) is 8.76. The molecule has 1 N–H and O–H groups in total. The van der Waals surface area contributed by atoms with Crippen LogP contribution in [-0.2, 0) is 4.79 Å². The van der Waals surface area contributed by atoms with Crippen molar-refractivity contribution in [3.05, 3.63) is 24.3 Å². The second kappa shape index (κ2) is 10.1. The minimum absolute atomic E-state index is 0.156. The Kier molecular flexibility index (Phi) is 8.32. The molecule has 0 radical (unpaired) electrons. The first kappa shape index (κ1) is 17.3. The molecule has 1 aromatic rings. The van der Waals surface area contributed by atoms with Gasteiger partial charge in [-0.15, -0.1) is 0 Å². The number of nitrogens with zero attached hydrogens (tertiary/aromatic N) is 1. The van der Waals surface area contributed by atoms with E-state index in [2.05, 4.69) is 11.8 Å². The molecule has 0 saturated carbocycles. The summed E-state index contributed by atoms with van der Waals surface area (Å²) in [4.78, 5) is 12.7. The topological polar surface area (TPSA) is 49.8 Å². The molecule has 0 aliphatic heterocycles. The van der Waals surface area contributed by atoms with E-state index in [4.69, 9.17) is 9.84 Å². The van der Waals surface area contributed by atoms with Crippen molar-refractivity contribution in [1.29, 1.82) is 0 Å². The van der Waals surface area contributed by atoms with Crippen LogP contribution in [-0.4, -0.2) is 30.8 Å². The molecule has 1 rings (SSSR count). The fourth-order valence-electron chi connectivity index (χ4n) is 2.17. The highest BCUT2D eigenvalue weighted by Gasteiger charge is 2.06. The fourth-order valence-corrected chi connectivity index (χ4v) is 2.17. The number of unbranched alkanes of at least 4 members (excludes halogenated alkanes) is 3. The molecule has 4 heteroatoms. The minimum Gasteiger partial charge on any atom is -0.494 e. The first-order chi connectivity index (χ1) is 10.2. The van der Waals surface area contributed by atoms with E-state index in [1.807, 2.05) is 31.2 Å². The van der Waals surface area contributed by atoms with Crippen LogP contribution in [0.2, 0.25) is 0 Å². The molecule has 0 unspecified atom stereocenters. The number of aliphatic carboxylic acids is 1. The van der Waals surface area contributed by atoms with Gasteiger partial charge in [-0.2, -0.15) is 0 Å². The zero-order chi connectivity index (χ0) is 15.5. The van der Waals surface area contributed by atoms with Gasteiger partial charge in [0.2, 0.25) is 0 Å². The van der Waals surface area contributed by atoms with Gasteiger partial charge in [0, 0.05) is 18.8 Å². The number of carbonyl (C=O) groups is 1. The summed E-state index contributed by atoms with van der Waals surface area (Å²) in [6, 6.07) is 7.90. The molecular formula is C17H27NO3. The molecule has 21 heavy (non-hydrogen) atoms. The molecule has 0 fully saturated rings. The average Bonchev–Trinajstić information content (AvgIpc) is 2.49. The zero-order valence-electron chi connectivity index (χ0n) is 13.2. The highest BCUT2D eigenvalue weighted by atomic mass is 16.5. The van der Waals surface area contributed by atoms with Crippen molar-refractivity contribution in [1.82, 2.24) is 0 Å². The maximum absolute atomic E-state index is 10.7. The Morgan fingerprint density at radius 1 is 1.14 bits per heavy atom. The van der Waals surface area contributed by atoms with Crippen molar-refractivity contribution in [2.24, 2.45) is 0 Å². The van der Waals surface area contributed by atoms with Gasteiger partial charge in [-0.1, -0.05) is 26.2 Å². The van der Waals surface area contributed by atoms with Gasteiger partial charge >= 0.3 is 5.97 Å².